The van der Waals surface area contributed by atoms with E-state index < -0.39 is 0 Å². The van der Waals surface area contributed by atoms with Crippen LogP contribution in [0.1, 0.15) is 17.7 Å². The summed E-state index contributed by atoms with van der Waals surface area (Å²) < 4.78 is 5.74. The minimum Gasteiger partial charge on any atom is -0.371 e. The Labute approximate surface area is 82.1 Å². The standard InChI is InChI=1S/C9H14N2OS/c1-2-8(4-10-3-1)12-6-9-5-11-7-13-9/h5,7-8,10H,1-4,6H2. The van der Waals surface area contributed by atoms with Crippen LogP contribution < -0.4 is 5.32 Å². The number of nitrogens with zero attached hydrogens (tertiary/aromatic N) is 1. The van der Waals surface area contributed by atoms with Crippen LogP contribution >= 0.6 is 11.3 Å². The highest BCUT2D eigenvalue weighted by atomic mass is 32.1. The van der Waals surface area contributed by atoms with E-state index in [1.807, 2.05) is 11.7 Å². The number of rotatable bonds is 3. The monoisotopic (exact) mass is 198 g/mol. The quantitative estimate of drug-likeness (QED) is 0.797. The summed E-state index contributed by atoms with van der Waals surface area (Å²) in [5, 5.41) is 3.33. The molecule has 3 nitrogen and oxygen atoms in total. The SMILES string of the molecule is c1ncc(COC2CCCNC2)s1. The first-order chi connectivity index (χ1) is 6.45. The summed E-state index contributed by atoms with van der Waals surface area (Å²) in [4.78, 5) is 5.22. The molecule has 1 aliphatic heterocycles. The van der Waals surface area contributed by atoms with Crippen molar-refractivity contribution in [2.45, 2.75) is 25.6 Å². The van der Waals surface area contributed by atoms with Gasteiger partial charge in [0.05, 0.1) is 23.1 Å². The summed E-state index contributed by atoms with van der Waals surface area (Å²) in [7, 11) is 0. The summed E-state index contributed by atoms with van der Waals surface area (Å²) in [5.74, 6) is 0. The lowest BCUT2D eigenvalue weighted by Gasteiger charge is -2.22. The van der Waals surface area contributed by atoms with Crippen molar-refractivity contribution >= 4 is 11.3 Å². The second-order valence-corrected chi connectivity index (χ2v) is 4.22. The Morgan fingerprint density at radius 3 is 3.38 bits per heavy atom. The van der Waals surface area contributed by atoms with Crippen molar-refractivity contribution in [3.8, 4) is 0 Å². The molecule has 0 aliphatic carbocycles. The van der Waals surface area contributed by atoms with E-state index in [-0.39, 0.29) is 0 Å². The molecule has 0 aromatic carbocycles. The molecule has 1 saturated heterocycles. The normalized spacial score (nSPS) is 23.2. The summed E-state index contributed by atoms with van der Waals surface area (Å²) in [6.07, 6.45) is 4.69. The third-order valence-electron chi connectivity index (χ3n) is 2.20. The van der Waals surface area contributed by atoms with Crippen molar-refractivity contribution in [1.29, 1.82) is 0 Å². The first kappa shape index (κ1) is 9.12. The number of ether oxygens (including phenoxy) is 1. The molecule has 1 aromatic heterocycles. The van der Waals surface area contributed by atoms with Gasteiger partial charge in [-0.15, -0.1) is 11.3 Å². The molecule has 0 saturated carbocycles. The molecule has 1 unspecified atom stereocenters. The lowest BCUT2D eigenvalue weighted by Crippen LogP contribution is -2.35. The van der Waals surface area contributed by atoms with Crippen LogP contribution in [0.4, 0.5) is 0 Å². The van der Waals surface area contributed by atoms with Crippen molar-refractivity contribution < 1.29 is 4.74 Å². The Kier molecular flexibility index (Phi) is 3.29. The van der Waals surface area contributed by atoms with Gasteiger partial charge in [0.15, 0.2) is 0 Å². The number of aromatic nitrogens is 1. The third kappa shape index (κ3) is 2.76. The molecule has 2 rings (SSSR count). The van der Waals surface area contributed by atoms with E-state index in [0.29, 0.717) is 6.10 Å². The molecule has 1 N–H and O–H groups in total. The van der Waals surface area contributed by atoms with E-state index in [9.17, 15) is 0 Å². The van der Waals surface area contributed by atoms with Crippen molar-refractivity contribution in [1.82, 2.24) is 10.3 Å². The molecule has 4 heteroatoms. The molecule has 1 aromatic rings. The molecule has 1 fully saturated rings. The molecule has 0 amide bonds. The predicted octanol–water partition coefficient (Wildman–Crippen LogP) is 1.41. The smallest absolute Gasteiger partial charge is 0.0829 e. The molecule has 1 atom stereocenters. The van der Waals surface area contributed by atoms with E-state index in [2.05, 4.69) is 10.3 Å². The molecular weight excluding hydrogens is 184 g/mol. The van der Waals surface area contributed by atoms with E-state index in [0.717, 1.165) is 19.7 Å². The van der Waals surface area contributed by atoms with E-state index in [1.165, 1.54) is 17.7 Å². The van der Waals surface area contributed by atoms with Gasteiger partial charge in [-0.3, -0.25) is 4.98 Å². The van der Waals surface area contributed by atoms with Crippen LogP contribution in [-0.2, 0) is 11.3 Å². The van der Waals surface area contributed by atoms with E-state index >= 15 is 0 Å². The largest absolute Gasteiger partial charge is 0.371 e. The second-order valence-electron chi connectivity index (χ2n) is 3.25. The first-order valence-corrected chi connectivity index (χ1v) is 5.53. The van der Waals surface area contributed by atoms with Crippen molar-refractivity contribution in [3.63, 3.8) is 0 Å². The third-order valence-corrected chi connectivity index (χ3v) is 2.95. The topological polar surface area (TPSA) is 34.1 Å². The highest BCUT2D eigenvalue weighted by molar-refractivity contribution is 7.09. The van der Waals surface area contributed by atoms with Crippen LogP contribution in [0.25, 0.3) is 0 Å². The van der Waals surface area contributed by atoms with Crippen molar-refractivity contribution in [3.05, 3.63) is 16.6 Å². The highest BCUT2D eigenvalue weighted by Crippen LogP contribution is 2.12. The van der Waals surface area contributed by atoms with Crippen molar-refractivity contribution in [2.75, 3.05) is 13.1 Å². The molecule has 1 aliphatic rings. The second kappa shape index (κ2) is 4.69. The summed E-state index contributed by atoms with van der Waals surface area (Å²) in [5.41, 5.74) is 1.85. The van der Waals surface area contributed by atoms with Crippen molar-refractivity contribution in [2.24, 2.45) is 0 Å². The van der Waals surface area contributed by atoms with Crippen LogP contribution in [0, 0.1) is 0 Å². The lowest BCUT2D eigenvalue weighted by molar-refractivity contribution is 0.0266. The molecular formula is C9H14N2OS. The van der Waals surface area contributed by atoms with Gasteiger partial charge in [0.25, 0.3) is 0 Å². The van der Waals surface area contributed by atoms with Crippen LogP contribution in [0.15, 0.2) is 11.7 Å². The average Bonchev–Trinajstić information content (AvgIpc) is 2.69. The van der Waals surface area contributed by atoms with Gasteiger partial charge in [-0.05, 0) is 19.4 Å². The Bertz CT molecular complexity index is 232. The summed E-state index contributed by atoms with van der Waals surface area (Å²) >= 11 is 1.65. The van der Waals surface area contributed by atoms with Crippen LogP contribution in [-0.4, -0.2) is 24.2 Å². The maximum atomic E-state index is 5.74. The van der Waals surface area contributed by atoms with Crippen LogP contribution in [0.3, 0.4) is 0 Å². The molecule has 72 valence electrons. The lowest BCUT2D eigenvalue weighted by atomic mass is 10.1. The van der Waals surface area contributed by atoms with Gasteiger partial charge in [-0.1, -0.05) is 0 Å². The number of hydrogen-bond donors (Lipinski definition) is 1. The van der Waals surface area contributed by atoms with E-state index in [1.54, 1.807) is 11.3 Å². The number of piperidine rings is 1. The van der Waals surface area contributed by atoms with Gasteiger partial charge in [-0.2, -0.15) is 0 Å². The first-order valence-electron chi connectivity index (χ1n) is 4.65. The fourth-order valence-corrected chi connectivity index (χ4v) is 1.99. The van der Waals surface area contributed by atoms with Gasteiger partial charge in [0, 0.05) is 12.7 Å². The summed E-state index contributed by atoms with van der Waals surface area (Å²) in [6, 6.07) is 0. The Morgan fingerprint density at radius 1 is 1.69 bits per heavy atom. The number of nitrogens with one attached hydrogen (secondary N) is 1. The zero-order valence-electron chi connectivity index (χ0n) is 7.53. The maximum absolute atomic E-state index is 5.74. The zero-order valence-corrected chi connectivity index (χ0v) is 8.35. The number of thiazole rings is 1. The molecule has 13 heavy (non-hydrogen) atoms. The fourth-order valence-electron chi connectivity index (χ4n) is 1.48. The van der Waals surface area contributed by atoms with Crippen LogP contribution in [0.5, 0.6) is 0 Å². The average molecular weight is 198 g/mol. The Hall–Kier alpha value is -0.450. The zero-order chi connectivity index (χ0) is 8.93. The minimum absolute atomic E-state index is 0.399. The molecule has 0 spiro atoms. The summed E-state index contributed by atoms with van der Waals surface area (Å²) in [6.45, 7) is 2.86. The van der Waals surface area contributed by atoms with Gasteiger partial charge < -0.3 is 10.1 Å². The highest BCUT2D eigenvalue weighted by Gasteiger charge is 2.12. The molecule has 0 radical (unpaired) electrons. The molecule has 2 heterocycles. The van der Waals surface area contributed by atoms with Gasteiger partial charge in [0.1, 0.15) is 0 Å². The van der Waals surface area contributed by atoms with Gasteiger partial charge in [0.2, 0.25) is 0 Å². The van der Waals surface area contributed by atoms with Crippen LogP contribution in [0.2, 0.25) is 0 Å². The minimum atomic E-state index is 0.399. The fraction of sp³-hybridized carbons (Fsp3) is 0.667. The Balaban J connectivity index is 1.72. The Morgan fingerprint density at radius 2 is 2.69 bits per heavy atom. The van der Waals surface area contributed by atoms with E-state index in [4.69, 9.17) is 4.74 Å². The number of hydrogen-bond acceptors (Lipinski definition) is 4. The predicted molar refractivity (Wildman–Crippen MR) is 52.8 cm³/mol. The van der Waals surface area contributed by atoms with Gasteiger partial charge >= 0.3 is 0 Å². The molecule has 0 bridgehead atoms. The van der Waals surface area contributed by atoms with Gasteiger partial charge in [-0.25, -0.2) is 0 Å². The maximum Gasteiger partial charge on any atom is 0.0829 e.